The van der Waals surface area contributed by atoms with Crippen molar-refractivity contribution >= 4 is 17.6 Å². The number of thiocarbonyl (C=S) groups is 1. The highest BCUT2D eigenvalue weighted by Gasteiger charge is 1.95. The highest BCUT2D eigenvalue weighted by Crippen LogP contribution is 2.05. The Hall–Kier alpha value is -0.730. The number of nitrogens with two attached hydrogens (primary N) is 1. The lowest BCUT2D eigenvalue weighted by atomic mass is 10.1. The van der Waals surface area contributed by atoms with Crippen molar-refractivity contribution in [2.24, 2.45) is 5.73 Å². The summed E-state index contributed by atoms with van der Waals surface area (Å²) >= 11 is 4.73. The molecule has 1 aromatic carbocycles. The highest BCUT2D eigenvalue weighted by atomic mass is 32.1. The van der Waals surface area contributed by atoms with Crippen molar-refractivity contribution in [1.29, 1.82) is 0 Å². The van der Waals surface area contributed by atoms with E-state index in [0.29, 0.717) is 6.54 Å². The molecule has 0 unspecified atom stereocenters. The third-order valence-corrected chi connectivity index (χ3v) is 1.76. The second-order valence-corrected chi connectivity index (χ2v) is 2.50. The van der Waals surface area contributed by atoms with Crippen LogP contribution in [0, 0.1) is 0 Å². The molecule has 1 aromatic rings. The summed E-state index contributed by atoms with van der Waals surface area (Å²) in [5.41, 5.74) is 7.60. The predicted molar refractivity (Wildman–Crippen MR) is 50.9 cm³/mol. The van der Waals surface area contributed by atoms with Crippen LogP contribution < -0.4 is 5.73 Å². The minimum atomic E-state index is 0.661. The molecule has 0 aliphatic carbocycles. The zero-order valence-corrected chi connectivity index (χ0v) is 7.03. The summed E-state index contributed by atoms with van der Waals surface area (Å²) in [5, 5.41) is 2.71. The number of hydrogen-bond acceptors (Lipinski definition) is 2. The van der Waals surface area contributed by atoms with Crippen LogP contribution in [0.5, 0.6) is 0 Å². The third-order valence-electron chi connectivity index (χ3n) is 1.54. The van der Waals surface area contributed by atoms with Gasteiger partial charge in [-0.3, -0.25) is 0 Å². The predicted octanol–water partition coefficient (Wildman–Crippen LogP) is 1.41. The van der Waals surface area contributed by atoms with Crippen molar-refractivity contribution < 1.29 is 0 Å². The third kappa shape index (κ3) is 2.10. The van der Waals surface area contributed by atoms with Crippen LogP contribution in [-0.2, 0) is 6.42 Å². The largest absolute Gasteiger partial charge is 0.330 e. The second kappa shape index (κ2) is 4.21. The van der Waals surface area contributed by atoms with E-state index in [1.807, 2.05) is 24.3 Å². The van der Waals surface area contributed by atoms with E-state index >= 15 is 0 Å². The van der Waals surface area contributed by atoms with Gasteiger partial charge in [-0.25, -0.2) is 0 Å². The smallest absolute Gasteiger partial charge is 0.0639 e. The van der Waals surface area contributed by atoms with Crippen LogP contribution in [0.25, 0.3) is 0 Å². The van der Waals surface area contributed by atoms with Gasteiger partial charge in [0.25, 0.3) is 0 Å². The van der Waals surface area contributed by atoms with Crippen molar-refractivity contribution in [2.45, 2.75) is 6.42 Å². The van der Waals surface area contributed by atoms with E-state index < -0.39 is 0 Å². The van der Waals surface area contributed by atoms with Crippen LogP contribution >= 0.6 is 12.2 Å². The van der Waals surface area contributed by atoms with Gasteiger partial charge < -0.3 is 5.73 Å². The summed E-state index contributed by atoms with van der Waals surface area (Å²) in [7, 11) is 0. The minimum Gasteiger partial charge on any atom is -0.330 e. The summed E-state index contributed by atoms with van der Waals surface area (Å²) in [6.07, 6.45) is 0.875. The molecule has 57 valence electrons. The molecule has 1 radical (unpaired) electrons. The van der Waals surface area contributed by atoms with Gasteiger partial charge in [0.2, 0.25) is 0 Å². The van der Waals surface area contributed by atoms with Crippen molar-refractivity contribution in [3.05, 3.63) is 35.4 Å². The van der Waals surface area contributed by atoms with Gasteiger partial charge in [-0.2, -0.15) is 0 Å². The van der Waals surface area contributed by atoms with E-state index in [0.717, 1.165) is 12.0 Å². The van der Waals surface area contributed by atoms with Crippen LogP contribution in [0.4, 0.5) is 0 Å². The molecule has 0 saturated carbocycles. The molecule has 0 aliphatic heterocycles. The van der Waals surface area contributed by atoms with E-state index in [-0.39, 0.29) is 0 Å². The summed E-state index contributed by atoms with van der Waals surface area (Å²) < 4.78 is 0. The molecule has 0 atom stereocenters. The maximum atomic E-state index is 5.42. The van der Waals surface area contributed by atoms with Crippen molar-refractivity contribution in [2.75, 3.05) is 6.54 Å². The molecule has 11 heavy (non-hydrogen) atoms. The average molecular weight is 164 g/mol. The Morgan fingerprint density at radius 2 is 2.09 bits per heavy atom. The zero-order valence-electron chi connectivity index (χ0n) is 6.21. The SMILES string of the molecule is NCCc1ccccc1[C]=S. The van der Waals surface area contributed by atoms with Crippen LogP contribution in [0.2, 0.25) is 0 Å². The van der Waals surface area contributed by atoms with Crippen molar-refractivity contribution in [3.63, 3.8) is 0 Å². The molecule has 1 nitrogen and oxygen atoms in total. The maximum absolute atomic E-state index is 5.42. The van der Waals surface area contributed by atoms with Crippen molar-refractivity contribution in [1.82, 2.24) is 0 Å². The van der Waals surface area contributed by atoms with Crippen LogP contribution in [0.3, 0.4) is 0 Å². The van der Waals surface area contributed by atoms with E-state index in [9.17, 15) is 0 Å². The molecular weight excluding hydrogens is 154 g/mol. The Morgan fingerprint density at radius 1 is 1.36 bits per heavy atom. The molecule has 0 amide bonds. The standard InChI is InChI=1S/C9H10NS/c10-6-5-8-3-1-2-4-9(8)7-11/h1-4H,5-6,10H2. The van der Waals surface area contributed by atoms with Gasteiger partial charge in [-0.15, -0.1) is 0 Å². The summed E-state index contributed by atoms with van der Waals surface area (Å²) in [5.74, 6) is 0. The Bertz CT molecular complexity index is 245. The van der Waals surface area contributed by atoms with E-state index in [2.05, 4.69) is 5.37 Å². The summed E-state index contributed by atoms with van der Waals surface area (Å²) in [6, 6.07) is 7.93. The maximum Gasteiger partial charge on any atom is 0.0639 e. The molecule has 0 heterocycles. The normalized spacial score (nSPS) is 9.55. The molecule has 0 aliphatic rings. The Labute approximate surface area is 72.2 Å². The van der Waals surface area contributed by atoms with E-state index in [4.69, 9.17) is 18.0 Å². The lowest BCUT2D eigenvalue weighted by Gasteiger charge is -2.00. The first kappa shape index (κ1) is 8.37. The van der Waals surface area contributed by atoms with Crippen LogP contribution in [-0.4, -0.2) is 11.9 Å². The fourth-order valence-corrected chi connectivity index (χ4v) is 1.19. The van der Waals surface area contributed by atoms with Gasteiger partial charge in [0.1, 0.15) is 0 Å². The molecule has 0 aromatic heterocycles. The molecule has 1 rings (SSSR count). The van der Waals surface area contributed by atoms with Crippen molar-refractivity contribution in [3.8, 4) is 0 Å². The molecule has 0 saturated heterocycles. The van der Waals surface area contributed by atoms with Gasteiger partial charge >= 0.3 is 0 Å². The van der Waals surface area contributed by atoms with Gasteiger partial charge in [0.15, 0.2) is 0 Å². The highest BCUT2D eigenvalue weighted by molar-refractivity contribution is 7.79. The number of rotatable bonds is 3. The van der Waals surface area contributed by atoms with Crippen LogP contribution in [0.15, 0.2) is 24.3 Å². The Morgan fingerprint density at radius 3 is 2.73 bits per heavy atom. The fourth-order valence-electron chi connectivity index (χ4n) is 0.993. The molecule has 2 N–H and O–H groups in total. The summed E-state index contributed by atoms with van der Waals surface area (Å²) in [4.78, 5) is 0. The molecule has 0 spiro atoms. The van der Waals surface area contributed by atoms with E-state index in [1.54, 1.807) is 0 Å². The average Bonchev–Trinajstić information content (AvgIpc) is 2.06. The quantitative estimate of drug-likeness (QED) is 0.684. The fraction of sp³-hybridized carbons (Fsp3) is 0.222. The summed E-state index contributed by atoms with van der Waals surface area (Å²) in [6.45, 7) is 0.661. The van der Waals surface area contributed by atoms with E-state index in [1.165, 1.54) is 5.56 Å². The van der Waals surface area contributed by atoms with Gasteiger partial charge in [0.05, 0.1) is 5.37 Å². The molecule has 2 heteroatoms. The Balaban J connectivity index is 2.92. The molecule has 0 fully saturated rings. The first-order valence-electron chi connectivity index (χ1n) is 3.54. The second-order valence-electron chi connectivity index (χ2n) is 2.30. The zero-order chi connectivity index (χ0) is 8.10. The minimum absolute atomic E-state index is 0.661. The van der Waals surface area contributed by atoms with Gasteiger partial charge in [-0.1, -0.05) is 36.5 Å². The first-order chi connectivity index (χ1) is 5.38. The molecular formula is C9H10NS. The lowest BCUT2D eigenvalue weighted by molar-refractivity contribution is 0.967. The van der Waals surface area contributed by atoms with Gasteiger partial charge in [0, 0.05) is 0 Å². The van der Waals surface area contributed by atoms with Crippen LogP contribution in [0.1, 0.15) is 11.1 Å². The number of benzene rings is 1. The lowest BCUT2D eigenvalue weighted by Crippen LogP contribution is -2.04. The first-order valence-corrected chi connectivity index (χ1v) is 3.95. The topological polar surface area (TPSA) is 26.0 Å². The Kier molecular flexibility index (Phi) is 3.20. The van der Waals surface area contributed by atoms with Gasteiger partial charge in [-0.05, 0) is 24.1 Å². The monoisotopic (exact) mass is 164 g/mol. The molecule has 0 bridgehead atoms. The number of hydrogen-bond donors (Lipinski definition) is 1.